The summed E-state index contributed by atoms with van der Waals surface area (Å²) in [6, 6.07) is -0.414. The van der Waals surface area contributed by atoms with E-state index in [1.807, 2.05) is 25.3 Å². The summed E-state index contributed by atoms with van der Waals surface area (Å²) in [5.41, 5.74) is 7.42. The molecule has 2 aromatic rings. The minimum atomic E-state index is -0.980. The topological polar surface area (TPSA) is 97.3 Å². The summed E-state index contributed by atoms with van der Waals surface area (Å²) in [6.07, 6.45) is 4.35. The van der Waals surface area contributed by atoms with Crippen molar-refractivity contribution in [3.05, 3.63) is 29.1 Å². The molecule has 0 unspecified atom stereocenters. The van der Waals surface area contributed by atoms with Crippen LogP contribution in [0.25, 0.3) is 11.0 Å². The van der Waals surface area contributed by atoms with Gasteiger partial charge in [0, 0.05) is 17.6 Å². The quantitative estimate of drug-likeness (QED) is 0.711. The Labute approximate surface area is 161 Å². The monoisotopic (exact) mass is 421 g/mol. The third-order valence-corrected chi connectivity index (χ3v) is 5.58. The maximum absolute atomic E-state index is 11.9. The van der Waals surface area contributed by atoms with Crippen molar-refractivity contribution < 1.29 is 9.90 Å². The molecule has 26 heavy (non-hydrogen) atoms. The van der Waals surface area contributed by atoms with Crippen molar-refractivity contribution in [2.75, 3.05) is 5.73 Å². The lowest BCUT2D eigenvalue weighted by Gasteiger charge is -2.38. The van der Waals surface area contributed by atoms with Crippen molar-refractivity contribution >= 4 is 38.9 Å². The molecule has 0 spiro atoms. The Balaban J connectivity index is 2.11. The van der Waals surface area contributed by atoms with Gasteiger partial charge in [-0.3, -0.25) is 4.90 Å². The first-order chi connectivity index (χ1) is 12.2. The first kappa shape index (κ1) is 18.7. The number of carbonyl (C=O) groups is 1. The van der Waals surface area contributed by atoms with Gasteiger partial charge in [-0.05, 0) is 55.5 Å². The van der Waals surface area contributed by atoms with Crippen LogP contribution >= 0.6 is 15.9 Å². The van der Waals surface area contributed by atoms with Crippen LogP contribution in [0.1, 0.15) is 45.1 Å². The van der Waals surface area contributed by atoms with Crippen LogP contribution < -0.4 is 5.73 Å². The Hall–Kier alpha value is -2.09. The molecule has 7 nitrogen and oxygen atoms in total. The van der Waals surface area contributed by atoms with E-state index in [1.54, 1.807) is 6.08 Å². The van der Waals surface area contributed by atoms with Crippen LogP contribution in [0, 0.1) is 0 Å². The van der Waals surface area contributed by atoms with Crippen molar-refractivity contribution in [3.8, 4) is 0 Å². The zero-order valence-electron chi connectivity index (χ0n) is 15.2. The molecule has 2 aromatic heterocycles. The highest BCUT2D eigenvalue weighted by molar-refractivity contribution is 9.10. The van der Waals surface area contributed by atoms with Crippen LogP contribution in [-0.4, -0.2) is 42.2 Å². The molecule has 1 aliphatic carbocycles. The molecule has 0 radical (unpaired) electrons. The summed E-state index contributed by atoms with van der Waals surface area (Å²) in [6.45, 7) is 9.87. The number of nitrogens with two attached hydrogens (primary N) is 1. The molecule has 1 fully saturated rings. The lowest BCUT2D eigenvalue weighted by atomic mass is 10.0. The molecule has 1 atom stereocenters. The first-order valence-electron chi connectivity index (χ1n) is 8.59. The number of hydrogen-bond donors (Lipinski definition) is 2. The van der Waals surface area contributed by atoms with Crippen LogP contribution in [-0.2, 0) is 6.54 Å². The van der Waals surface area contributed by atoms with E-state index >= 15 is 0 Å². The second-order valence-corrected chi connectivity index (χ2v) is 8.42. The Morgan fingerprint density at radius 2 is 2.19 bits per heavy atom. The Kier molecular flexibility index (Phi) is 4.72. The fraction of sp³-hybridized carbons (Fsp3) is 0.500. The fourth-order valence-corrected chi connectivity index (χ4v) is 4.31. The van der Waals surface area contributed by atoms with E-state index in [9.17, 15) is 9.90 Å². The minimum absolute atomic E-state index is 0.396. The number of anilines is 1. The highest BCUT2D eigenvalue weighted by Gasteiger charge is 2.35. The lowest BCUT2D eigenvalue weighted by molar-refractivity contribution is 0.0786. The van der Waals surface area contributed by atoms with E-state index in [4.69, 9.17) is 5.73 Å². The van der Waals surface area contributed by atoms with E-state index in [2.05, 4.69) is 32.5 Å². The maximum atomic E-state index is 11.9. The van der Waals surface area contributed by atoms with Crippen molar-refractivity contribution in [2.45, 2.75) is 57.7 Å². The molecule has 2 heterocycles. The minimum Gasteiger partial charge on any atom is -0.465 e. The molecule has 0 bridgehead atoms. The summed E-state index contributed by atoms with van der Waals surface area (Å²) in [7, 11) is 0. The molecule has 140 valence electrons. The van der Waals surface area contributed by atoms with E-state index in [0.717, 1.165) is 34.0 Å². The van der Waals surface area contributed by atoms with Crippen molar-refractivity contribution in [2.24, 2.45) is 0 Å². The molecule has 3 rings (SSSR count). The summed E-state index contributed by atoms with van der Waals surface area (Å²) >= 11 is 3.70. The molecule has 0 saturated heterocycles. The van der Waals surface area contributed by atoms with Gasteiger partial charge in [0.05, 0.1) is 16.0 Å². The smallest absolute Gasteiger partial charge is 0.408 e. The zero-order valence-corrected chi connectivity index (χ0v) is 16.8. The highest BCUT2D eigenvalue weighted by Crippen LogP contribution is 2.48. The molecule has 1 amide bonds. The van der Waals surface area contributed by atoms with Crippen LogP contribution in [0.4, 0.5) is 10.6 Å². The average molecular weight is 422 g/mol. The first-order valence-corrected chi connectivity index (χ1v) is 9.39. The number of nitrogens with zero attached hydrogens (tertiary/aromatic N) is 4. The number of aromatic nitrogens is 3. The van der Waals surface area contributed by atoms with Crippen LogP contribution in [0.3, 0.4) is 0 Å². The largest absolute Gasteiger partial charge is 0.465 e. The number of fused-ring (bicyclic) bond motifs is 1. The van der Waals surface area contributed by atoms with Crippen molar-refractivity contribution in [1.82, 2.24) is 19.4 Å². The van der Waals surface area contributed by atoms with Gasteiger partial charge in [-0.2, -0.15) is 0 Å². The Morgan fingerprint density at radius 3 is 2.69 bits per heavy atom. The second kappa shape index (κ2) is 6.57. The van der Waals surface area contributed by atoms with Gasteiger partial charge in [-0.15, -0.1) is 6.58 Å². The molecule has 1 saturated carbocycles. The van der Waals surface area contributed by atoms with Gasteiger partial charge in [-0.1, -0.05) is 6.08 Å². The number of nitrogen functional groups attached to an aromatic ring is 1. The van der Waals surface area contributed by atoms with Gasteiger partial charge < -0.3 is 15.4 Å². The lowest BCUT2D eigenvalue weighted by Crippen LogP contribution is -2.51. The van der Waals surface area contributed by atoms with Crippen LogP contribution in [0.2, 0.25) is 0 Å². The predicted octanol–water partition coefficient (Wildman–Crippen LogP) is 3.99. The molecule has 0 aliphatic heterocycles. The van der Waals surface area contributed by atoms with Gasteiger partial charge in [0.25, 0.3) is 0 Å². The van der Waals surface area contributed by atoms with Gasteiger partial charge in [0.2, 0.25) is 0 Å². The average Bonchev–Trinajstić information content (AvgIpc) is 3.32. The maximum Gasteiger partial charge on any atom is 0.408 e. The Morgan fingerprint density at radius 1 is 1.54 bits per heavy atom. The Bertz CT molecular complexity index is 867. The fourth-order valence-electron chi connectivity index (χ4n) is 3.48. The van der Waals surface area contributed by atoms with Gasteiger partial charge in [0.15, 0.2) is 0 Å². The van der Waals surface area contributed by atoms with Gasteiger partial charge in [-0.25, -0.2) is 14.8 Å². The van der Waals surface area contributed by atoms with E-state index < -0.39 is 17.7 Å². The number of carboxylic acid groups (broad SMARTS) is 1. The molecule has 0 aromatic carbocycles. The number of halogens is 1. The molecule has 3 N–H and O–H groups in total. The SMILES string of the molecule is C=C[C@@H](Cn1c(Br)c(C2CC2)c2c(N)ncnc21)N(C(=O)O)C(C)(C)C. The standard InChI is InChI=1S/C18H24BrN5O2/c1-5-11(24(17(25)26)18(2,3)4)8-23-14(19)12(10-6-7-10)13-15(20)21-9-22-16(13)23/h5,9-11H,1,6-8H2,2-4H3,(H,25,26)(H2,20,21,22)/t11-/m0/s1. The third-order valence-electron chi connectivity index (χ3n) is 4.73. The summed E-state index contributed by atoms with van der Waals surface area (Å²) < 4.78 is 2.88. The predicted molar refractivity (Wildman–Crippen MR) is 105 cm³/mol. The zero-order chi connectivity index (χ0) is 19.2. The summed E-state index contributed by atoms with van der Waals surface area (Å²) in [5.74, 6) is 0.902. The highest BCUT2D eigenvalue weighted by atomic mass is 79.9. The number of amides is 1. The molecular formula is C18H24BrN5O2. The normalized spacial score (nSPS) is 15.8. The van der Waals surface area contributed by atoms with E-state index in [1.165, 1.54) is 11.2 Å². The number of rotatable bonds is 5. The van der Waals surface area contributed by atoms with E-state index in [-0.39, 0.29) is 0 Å². The van der Waals surface area contributed by atoms with E-state index in [0.29, 0.717) is 18.3 Å². The molecule has 8 heteroatoms. The van der Waals surface area contributed by atoms with Gasteiger partial charge >= 0.3 is 6.09 Å². The van der Waals surface area contributed by atoms with Crippen molar-refractivity contribution in [1.29, 1.82) is 0 Å². The second-order valence-electron chi connectivity index (χ2n) is 7.67. The molecular weight excluding hydrogens is 398 g/mol. The molecule has 1 aliphatic rings. The third kappa shape index (κ3) is 3.18. The van der Waals surface area contributed by atoms with Gasteiger partial charge in [0.1, 0.15) is 17.8 Å². The van der Waals surface area contributed by atoms with Crippen LogP contribution in [0.15, 0.2) is 23.6 Å². The summed E-state index contributed by atoms with van der Waals surface area (Å²) in [5, 5.41) is 10.6. The van der Waals surface area contributed by atoms with Crippen LogP contribution in [0.5, 0.6) is 0 Å². The number of hydrogen-bond acceptors (Lipinski definition) is 4. The summed E-state index contributed by atoms with van der Waals surface area (Å²) in [4.78, 5) is 21.9. The van der Waals surface area contributed by atoms with Crippen molar-refractivity contribution in [3.63, 3.8) is 0 Å².